The van der Waals surface area contributed by atoms with Gasteiger partial charge in [0.15, 0.2) is 6.29 Å². The molecule has 0 amide bonds. The van der Waals surface area contributed by atoms with Gasteiger partial charge in [-0.2, -0.15) is 0 Å². The second-order valence-electron chi connectivity index (χ2n) is 2.98. The molecule has 2 rings (SSSR count). The lowest BCUT2D eigenvalue weighted by molar-refractivity contribution is 0.112. The van der Waals surface area contributed by atoms with Gasteiger partial charge in [0.25, 0.3) is 0 Å². The molecule has 4 heteroatoms. The monoisotopic (exact) mass is 218 g/mol. The molecule has 0 radical (unpaired) electrons. The minimum atomic E-state index is 0.436. The fraction of sp³-hybridized carbons (Fsp3) is 0. The second kappa shape index (κ2) is 4.19. The van der Waals surface area contributed by atoms with Crippen LogP contribution in [-0.4, -0.2) is 16.3 Å². The molecule has 0 unspecified atom stereocenters. The number of halogens is 1. The molecular weight excluding hydrogens is 212 g/mol. The van der Waals surface area contributed by atoms with Gasteiger partial charge in [0.1, 0.15) is 6.33 Å². The summed E-state index contributed by atoms with van der Waals surface area (Å²) in [4.78, 5) is 18.4. The van der Waals surface area contributed by atoms with Crippen molar-refractivity contribution in [3.05, 3.63) is 47.5 Å². The molecule has 1 aromatic heterocycles. The predicted octanol–water partition coefficient (Wildman–Crippen LogP) is 2.61. The van der Waals surface area contributed by atoms with Crippen LogP contribution in [0.1, 0.15) is 10.4 Å². The highest BCUT2D eigenvalue weighted by atomic mass is 35.5. The van der Waals surface area contributed by atoms with Crippen LogP contribution < -0.4 is 0 Å². The molecule has 74 valence electrons. The van der Waals surface area contributed by atoms with Crippen LogP contribution in [0.15, 0.2) is 36.9 Å². The molecule has 0 aliphatic carbocycles. The lowest BCUT2D eigenvalue weighted by Gasteiger charge is -2.02. The van der Waals surface area contributed by atoms with Gasteiger partial charge in [0.05, 0.1) is 5.02 Å². The van der Waals surface area contributed by atoms with Crippen LogP contribution in [0.4, 0.5) is 0 Å². The van der Waals surface area contributed by atoms with Crippen LogP contribution in [0, 0.1) is 0 Å². The van der Waals surface area contributed by atoms with Crippen LogP contribution in [0.3, 0.4) is 0 Å². The van der Waals surface area contributed by atoms with E-state index in [-0.39, 0.29) is 0 Å². The quantitative estimate of drug-likeness (QED) is 0.728. The first kappa shape index (κ1) is 9.80. The molecule has 0 spiro atoms. The first-order valence-corrected chi connectivity index (χ1v) is 4.69. The number of aldehydes is 1. The Bertz CT molecular complexity index is 485. The van der Waals surface area contributed by atoms with E-state index in [0.29, 0.717) is 10.6 Å². The third-order valence-corrected chi connectivity index (χ3v) is 2.35. The molecule has 0 saturated heterocycles. The number of carbonyl (C=O) groups is 1. The zero-order valence-electron chi connectivity index (χ0n) is 7.72. The van der Waals surface area contributed by atoms with Crippen LogP contribution in [-0.2, 0) is 0 Å². The summed E-state index contributed by atoms with van der Waals surface area (Å²) in [6.45, 7) is 0. The van der Waals surface area contributed by atoms with Gasteiger partial charge in [-0.05, 0) is 17.7 Å². The van der Waals surface area contributed by atoms with E-state index in [1.165, 1.54) is 6.33 Å². The van der Waals surface area contributed by atoms with E-state index in [0.717, 1.165) is 17.4 Å². The van der Waals surface area contributed by atoms with E-state index >= 15 is 0 Å². The summed E-state index contributed by atoms with van der Waals surface area (Å²) < 4.78 is 0. The minimum absolute atomic E-state index is 0.436. The van der Waals surface area contributed by atoms with Gasteiger partial charge in [0, 0.05) is 23.5 Å². The maximum atomic E-state index is 10.6. The van der Waals surface area contributed by atoms with E-state index in [1.54, 1.807) is 24.5 Å². The van der Waals surface area contributed by atoms with Crippen molar-refractivity contribution in [2.24, 2.45) is 0 Å². The SMILES string of the molecule is O=Cc1ccc(-c2cncnc2)cc1Cl. The maximum Gasteiger partial charge on any atom is 0.151 e. The van der Waals surface area contributed by atoms with E-state index in [1.807, 2.05) is 6.07 Å². The Morgan fingerprint density at radius 1 is 1.13 bits per heavy atom. The second-order valence-corrected chi connectivity index (χ2v) is 3.39. The third-order valence-electron chi connectivity index (χ3n) is 2.02. The normalized spacial score (nSPS) is 9.93. The number of hydrogen-bond acceptors (Lipinski definition) is 3. The number of nitrogens with zero attached hydrogens (tertiary/aromatic N) is 2. The minimum Gasteiger partial charge on any atom is -0.298 e. The Morgan fingerprint density at radius 2 is 1.87 bits per heavy atom. The fourth-order valence-electron chi connectivity index (χ4n) is 1.25. The predicted molar refractivity (Wildman–Crippen MR) is 57.9 cm³/mol. The van der Waals surface area contributed by atoms with Crippen molar-refractivity contribution in [2.45, 2.75) is 0 Å². The van der Waals surface area contributed by atoms with E-state index in [9.17, 15) is 4.79 Å². The Kier molecular flexibility index (Phi) is 2.74. The molecule has 0 atom stereocenters. The summed E-state index contributed by atoms with van der Waals surface area (Å²) in [5.74, 6) is 0. The molecule has 0 N–H and O–H groups in total. The van der Waals surface area contributed by atoms with Crippen LogP contribution in [0.5, 0.6) is 0 Å². The molecule has 0 saturated carbocycles. The number of benzene rings is 1. The number of aromatic nitrogens is 2. The van der Waals surface area contributed by atoms with Crippen molar-refractivity contribution >= 4 is 17.9 Å². The highest BCUT2D eigenvalue weighted by molar-refractivity contribution is 6.33. The number of hydrogen-bond donors (Lipinski definition) is 0. The molecular formula is C11H7ClN2O. The molecule has 0 bridgehead atoms. The van der Waals surface area contributed by atoms with Crippen LogP contribution >= 0.6 is 11.6 Å². The van der Waals surface area contributed by atoms with Crippen molar-refractivity contribution < 1.29 is 4.79 Å². The summed E-state index contributed by atoms with van der Waals surface area (Å²) >= 11 is 5.91. The molecule has 0 aliphatic heterocycles. The molecule has 1 heterocycles. The number of carbonyl (C=O) groups excluding carboxylic acids is 1. The molecule has 15 heavy (non-hydrogen) atoms. The van der Waals surface area contributed by atoms with Gasteiger partial charge in [-0.15, -0.1) is 0 Å². The topological polar surface area (TPSA) is 42.9 Å². The molecule has 3 nitrogen and oxygen atoms in total. The fourth-order valence-corrected chi connectivity index (χ4v) is 1.48. The summed E-state index contributed by atoms with van der Waals surface area (Å²) in [6, 6.07) is 5.22. The first-order chi connectivity index (χ1) is 7.31. The molecule has 0 aliphatic rings. The van der Waals surface area contributed by atoms with Crippen molar-refractivity contribution in [3.63, 3.8) is 0 Å². The van der Waals surface area contributed by atoms with Gasteiger partial charge < -0.3 is 0 Å². The van der Waals surface area contributed by atoms with Crippen molar-refractivity contribution in [1.82, 2.24) is 9.97 Å². The van der Waals surface area contributed by atoms with Gasteiger partial charge >= 0.3 is 0 Å². The average molecular weight is 219 g/mol. The molecule has 2 aromatic rings. The van der Waals surface area contributed by atoms with Gasteiger partial charge in [0.2, 0.25) is 0 Å². The average Bonchev–Trinajstić information content (AvgIpc) is 2.30. The molecule has 0 fully saturated rings. The molecule has 1 aromatic carbocycles. The Labute approximate surface area is 91.8 Å². The van der Waals surface area contributed by atoms with Gasteiger partial charge in [-0.25, -0.2) is 9.97 Å². The van der Waals surface area contributed by atoms with E-state index < -0.39 is 0 Å². The van der Waals surface area contributed by atoms with Crippen molar-refractivity contribution in [2.75, 3.05) is 0 Å². The van der Waals surface area contributed by atoms with Crippen molar-refractivity contribution in [3.8, 4) is 11.1 Å². The first-order valence-electron chi connectivity index (χ1n) is 4.31. The van der Waals surface area contributed by atoms with Crippen LogP contribution in [0.25, 0.3) is 11.1 Å². The highest BCUT2D eigenvalue weighted by Crippen LogP contribution is 2.23. The lowest BCUT2D eigenvalue weighted by Crippen LogP contribution is -1.85. The maximum absolute atomic E-state index is 10.6. The standard InChI is InChI=1S/C11H7ClN2O/c12-11-3-8(1-2-9(11)6-15)10-4-13-7-14-5-10/h1-7H. The van der Waals surface area contributed by atoms with Crippen molar-refractivity contribution in [1.29, 1.82) is 0 Å². The highest BCUT2D eigenvalue weighted by Gasteiger charge is 2.02. The van der Waals surface area contributed by atoms with E-state index in [4.69, 9.17) is 11.6 Å². The lowest BCUT2D eigenvalue weighted by atomic mass is 10.1. The summed E-state index contributed by atoms with van der Waals surface area (Å²) in [5.41, 5.74) is 2.25. The zero-order valence-corrected chi connectivity index (χ0v) is 8.48. The number of rotatable bonds is 2. The van der Waals surface area contributed by atoms with Gasteiger partial charge in [-0.1, -0.05) is 17.7 Å². The summed E-state index contributed by atoms with van der Waals surface area (Å²) in [7, 11) is 0. The Hall–Kier alpha value is -1.74. The summed E-state index contributed by atoms with van der Waals surface area (Å²) in [5, 5.41) is 0.436. The van der Waals surface area contributed by atoms with Gasteiger partial charge in [-0.3, -0.25) is 4.79 Å². The third kappa shape index (κ3) is 2.02. The smallest absolute Gasteiger partial charge is 0.151 e. The van der Waals surface area contributed by atoms with Crippen LogP contribution in [0.2, 0.25) is 5.02 Å². The summed E-state index contributed by atoms with van der Waals surface area (Å²) in [6.07, 6.45) is 5.58. The Balaban J connectivity index is 2.47. The largest absolute Gasteiger partial charge is 0.298 e. The Morgan fingerprint density at radius 3 is 2.47 bits per heavy atom. The zero-order chi connectivity index (χ0) is 10.7. The van der Waals surface area contributed by atoms with E-state index in [2.05, 4.69) is 9.97 Å².